The number of anilines is 1. The van der Waals surface area contributed by atoms with Crippen molar-refractivity contribution in [2.75, 3.05) is 38.5 Å². The van der Waals surface area contributed by atoms with Gasteiger partial charge in [0.15, 0.2) is 17.9 Å². The minimum Gasteiger partial charge on any atom is -0.504 e. The number of aliphatic hydroxyl groups is 1. The van der Waals surface area contributed by atoms with Gasteiger partial charge in [-0.2, -0.15) is 0 Å². The van der Waals surface area contributed by atoms with Gasteiger partial charge in [-0.1, -0.05) is 12.0 Å². The Kier molecular flexibility index (Phi) is 8.54. The molecule has 3 N–H and O–H groups in total. The van der Waals surface area contributed by atoms with Gasteiger partial charge in [0.1, 0.15) is 5.69 Å². The third-order valence-electron chi connectivity index (χ3n) is 7.22. The molecule has 0 aliphatic carbocycles. The number of fused-ring (bicyclic) bond motifs is 1. The molecule has 0 unspecified atom stereocenters. The van der Waals surface area contributed by atoms with Crippen LogP contribution >= 0.6 is 0 Å². The van der Waals surface area contributed by atoms with Gasteiger partial charge in [-0.25, -0.2) is 14.4 Å². The zero-order chi connectivity index (χ0) is 30.7. The predicted octanol–water partition coefficient (Wildman–Crippen LogP) is 3.26. The first-order valence-corrected chi connectivity index (χ1v) is 13.9. The number of imidazole rings is 1. The van der Waals surface area contributed by atoms with Crippen molar-refractivity contribution in [3.63, 3.8) is 0 Å². The Morgan fingerprint density at radius 3 is 2.60 bits per heavy atom. The van der Waals surface area contributed by atoms with Crippen LogP contribution in [0.4, 0.5) is 10.3 Å². The van der Waals surface area contributed by atoms with Crippen LogP contribution in [0.5, 0.6) is 5.75 Å². The third kappa shape index (κ3) is 7.06. The van der Waals surface area contributed by atoms with Crippen LogP contribution in [0.1, 0.15) is 51.4 Å². The van der Waals surface area contributed by atoms with Gasteiger partial charge in [0, 0.05) is 50.0 Å². The van der Waals surface area contributed by atoms with Gasteiger partial charge in [-0.3, -0.25) is 19.8 Å². The Labute approximate surface area is 248 Å². The average Bonchev–Trinajstić information content (AvgIpc) is 3.29. The van der Waals surface area contributed by atoms with Gasteiger partial charge < -0.3 is 19.7 Å². The van der Waals surface area contributed by atoms with Crippen molar-refractivity contribution in [2.24, 2.45) is 0 Å². The van der Waals surface area contributed by atoms with E-state index in [9.17, 15) is 24.2 Å². The fourth-order valence-electron chi connectivity index (χ4n) is 4.93. The van der Waals surface area contributed by atoms with Gasteiger partial charge in [-0.05, 0) is 68.8 Å². The number of likely N-dealkylation sites (N-methyl/N-ethyl adjacent to an activating group) is 1. The van der Waals surface area contributed by atoms with Gasteiger partial charge in [0.2, 0.25) is 5.95 Å². The summed E-state index contributed by atoms with van der Waals surface area (Å²) in [6.07, 6.45) is 1.75. The van der Waals surface area contributed by atoms with Gasteiger partial charge in [0.25, 0.3) is 5.91 Å². The molecule has 3 heterocycles. The molecule has 1 amide bonds. The van der Waals surface area contributed by atoms with E-state index in [0.29, 0.717) is 17.8 Å². The second-order valence-electron chi connectivity index (χ2n) is 11.3. The Bertz CT molecular complexity index is 1740. The van der Waals surface area contributed by atoms with E-state index in [1.54, 1.807) is 13.8 Å². The first-order chi connectivity index (χ1) is 20.5. The number of carbonyl (C=O) groups excluding carboxylic acids is 2. The summed E-state index contributed by atoms with van der Waals surface area (Å²) in [6, 6.07) is 11.3. The maximum Gasteiger partial charge on any atom is 0.258 e. The number of benzene rings is 2. The summed E-state index contributed by atoms with van der Waals surface area (Å²) in [6.45, 7) is 8.41. The number of nitrogens with zero attached hydrogens (tertiary/aromatic N) is 5. The molecule has 1 fully saturated rings. The molecule has 2 aromatic carbocycles. The van der Waals surface area contributed by atoms with E-state index < -0.39 is 23.1 Å². The van der Waals surface area contributed by atoms with E-state index in [1.807, 2.05) is 16.7 Å². The number of nitrogens with one attached hydrogen (secondary N) is 1. The summed E-state index contributed by atoms with van der Waals surface area (Å²) in [5.74, 6) is 3.59. The lowest BCUT2D eigenvalue weighted by molar-refractivity contribution is 0.0630. The van der Waals surface area contributed by atoms with E-state index in [-0.39, 0.29) is 28.9 Å². The van der Waals surface area contributed by atoms with E-state index in [4.69, 9.17) is 0 Å². The molecule has 222 valence electrons. The van der Waals surface area contributed by atoms with Crippen molar-refractivity contribution >= 4 is 29.2 Å². The monoisotopic (exact) mass is 584 g/mol. The zero-order valence-corrected chi connectivity index (χ0v) is 24.3. The Morgan fingerprint density at radius 2 is 1.88 bits per heavy atom. The highest BCUT2D eigenvalue weighted by molar-refractivity contribution is 6.04. The average molecular weight is 585 g/mol. The van der Waals surface area contributed by atoms with Crippen molar-refractivity contribution in [2.45, 2.75) is 32.5 Å². The minimum atomic E-state index is -1.07. The van der Waals surface area contributed by atoms with Crippen LogP contribution < -0.4 is 5.32 Å². The summed E-state index contributed by atoms with van der Waals surface area (Å²) in [5, 5.41) is 23.4. The number of rotatable bonds is 7. The standard InChI is InChI=1S/C32H33FN6O4/c1-32(2,43)20-39-28-16-21(18-38-14-12-37(3)13-15-38)4-9-27(28)35-31(39)36-30(42)23-10-11-34-24(17-23)7-5-22-6-8-26(33)29(41)25(22)19-40/h4,6,8-11,16-17,19,41,43H,12-15,18,20H2,1-3H3,(H,35,36,42). The molecule has 0 spiro atoms. The zero-order valence-electron chi connectivity index (χ0n) is 24.3. The number of piperazine rings is 1. The molecule has 0 saturated carbocycles. The molecular formula is C32H33FN6O4. The SMILES string of the molecule is CN1CCN(Cc2ccc3nc(NC(=O)c4ccnc(C#Cc5ccc(F)c(O)c5C=O)c4)n(CC(C)(C)O)c3c2)CC1. The summed E-state index contributed by atoms with van der Waals surface area (Å²) >= 11 is 0. The van der Waals surface area contributed by atoms with Gasteiger partial charge >= 0.3 is 0 Å². The molecule has 1 aliphatic heterocycles. The van der Waals surface area contributed by atoms with Gasteiger partial charge in [0.05, 0.1) is 28.7 Å². The quantitative estimate of drug-likeness (QED) is 0.224. The van der Waals surface area contributed by atoms with E-state index >= 15 is 0 Å². The Morgan fingerprint density at radius 1 is 1.12 bits per heavy atom. The van der Waals surface area contributed by atoms with Crippen LogP contribution in [0.3, 0.4) is 0 Å². The fraction of sp³-hybridized carbons (Fsp3) is 0.312. The number of hydrogen-bond donors (Lipinski definition) is 3. The van der Waals surface area contributed by atoms with Crippen molar-refractivity contribution in [1.82, 2.24) is 24.3 Å². The molecule has 0 atom stereocenters. The Balaban J connectivity index is 1.40. The highest BCUT2D eigenvalue weighted by atomic mass is 19.1. The number of phenolic OH excluding ortho intramolecular Hbond substituents is 1. The van der Waals surface area contributed by atoms with Crippen LogP contribution in [0.2, 0.25) is 0 Å². The van der Waals surface area contributed by atoms with E-state index in [1.165, 1.54) is 24.4 Å². The number of halogens is 1. The molecule has 4 aromatic rings. The van der Waals surface area contributed by atoms with Crippen LogP contribution in [-0.4, -0.2) is 85.6 Å². The van der Waals surface area contributed by atoms with Gasteiger partial charge in [-0.15, -0.1) is 0 Å². The number of aromatic hydroxyl groups is 1. The van der Waals surface area contributed by atoms with Crippen LogP contribution in [0.25, 0.3) is 11.0 Å². The lowest BCUT2D eigenvalue weighted by Crippen LogP contribution is -2.43. The second-order valence-corrected chi connectivity index (χ2v) is 11.3. The number of aldehydes is 1. The van der Waals surface area contributed by atoms with Crippen LogP contribution in [0.15, 0.2) is 48.7 Å². The summed E-state index contributed by atoms with van der Waals surface area (Å²) in [5.41, 5.74) is 1.89. The maximum atomic E-state index is 13.6. The number of phenols is 1. The third-order valence-corrected chi connectivity index (χ3v) is 7.22. The maximum absolute atomic E-state index is 13.6. The first-order valence-electron chi connectivity index (χ1n) is 13.9. The highest BCUT2D eigenvalue weighted by Gasteiger charge is 2.22. The van der Waals surface area contributed by atoms with Crippen molar-refractivity contribution in [3.8, 4) is 17.6 Å². The molecule has 11 heteroatoms. The van der Waals surface area contributed by atoms with Crippen molar-refractivity contribution < 1.29 is 24.2 Å². The lowest BCUT2D eigenvalue weighted by atomic mass is 10.1. The molecule has 0 bridgehead atoms. The number of amides is 1. The Hall–Kier alpha value is -4.63. The smallest absolute Gasteiger partial charge is 0.258 e. The van der Waals surface area contributed by atoms with Crippen LogP contribution in [0, 0.1) is 17.7 Å². The minimum absolute atomic E-state index is 0.123. The second kappa shape index (κ2) is 12.3. The molecule has 43 heavy (non-hydrogen) atoms. The molecule has 1 saturated heterocycles. The van der Waals surface area contributed by atoms with E-state index in [0.717, 1.165) is 49.9 Å². The summed E-state index contributed by atoms with van der Waals surface area (Å²) in [7, 11) is 2.12. The molecule has 10 nitrogen and oxygen atoms in total. The molecule has 5 rings (SSSR count). The molecule has 0 radical (unpaired) electrons. The molecular weight excluding hydrogens is 551 g/mol. The number of aromatic nitrogens is 3. The largest absolute Gasteiger partial charge is 0.504 e. The fourth-order valence-corrected chi connectivity index (χ4v) is 4.93. The van der Waals surface area contributed by atoms with Crippen molar-refractivity contribution in [1.29, 1.82) is 0 Å². The number of pyridine rings is 1. The normalized spacial score (nSPS) is 14.3. The lowest BCUT2D eigenvalue weighted by Gasteiger charge is -2.32. The topological polar surface area (TPSA) is 124 Å². The summed E-state index contributed by atoms with van der Waals surface area (Å²) < 4.78 is 15.4. The predicted molar refractivity (Wildman–Crippen MR) is 160 cm³/mol. The molecule has 2 aromatic heterocycles. The molecule has 1 aliphatic rings. The first kappa shape index (κ1) is 29.8. The number of hydrogen-bond acceptors (Lipinski definition) is 8. The summed E-state index contributed by atoms with van der Waals surface area (Å²) in [4.78, 5) is 38.2. The van der Waals surface area contributed by atoms with E-state index in [2.05, 4.69) is 50.0 Å². The van der Waals surface area contributed by atoms with Crippen LogP contribution in [-0.2, 0) is 13.1 Å². The number of carbonyl (C=O) groups is 2. The highest BCUT2D eigenvalue weighted by Crippen LogP contribution is 2.26. The van der Waals surface area contributed by atoms with Crippen molar-refractivity contribution in [3.05, 3.63) is 82.4 Å².